The van der Waals surface area contributed by atoms with Crippen LogP contribution in [0.2, 0.25) is 4.34 Å². The highest BCUT2D eigenvalue weighted by atomic mass is 35.5. The molecule has 4 rings (SSSR count). The monoisotopic (exact) mass is 458 g/mol. The third-order valence-corrected chi connectivity index (χ3v) is 8.29. The number of hydrogen-bond donors (Lipinski definition) is 1. The van der Waals surface area contributed by atoms with Gasteiger partial charge in [-0.15, -0.1) is 11.3 Å². The molecule has 1 spiro atoms. The summed E-state index contributed by atoms with van der Waals surface area (Å²) in [5.41, 5.74) is 8.17. The molecule has 0 radical (unpaired) electrons. The lowest BCUT2D eigenvalue weighted by Crippen LogP contribution is -2.50. The van der Waals surface area contributed by atoms with Gasteiger partial charge in [0.2, 0.25) is 0 Å². The number of aryl methyl sites for hydroxylation is 1. The molecule has 2 aromatic heterocycles. The number of hydrogen-bond acceptors (Lipinski definition) is 7. The van der Waals surface area contributed by atoms with Gasteiger partial charge in [0.05, 0.1) is 35.5 Å². The molecule has 160 valence electrons. The van der Waals surface area contributed by atoms with Crippen LogP contribution in [0.5, 0.6) is 0 Å². The van der Waals surface area contributed by atoms with Crippen molar-refractivity contribution in [3.63, 3.8) is 0 Å². The van der Waals surface area contributed by atoms with Gasteiger partial charge in [0, 0.05) is 42.0 Å². The van der Waals surface area contributed by atoms with E-state index in [1.807, 2.05) is 18.5 Å². The Labute approximate surface area is 180 Å². The van der Waals surface area contributed by atoms with Gasteiger partial charge in [-0.2, -0.15) is 5.10 Å². The van der Waals surface area contributed by atoms with Crippen LogP contribution in [0, 0.1) is 0 Å². The van der Waals surface area contributed by atoms with Crippen molar-refractivity contribution >= 4 is 32.8 Å². The Morgan fingerprint density at radius 2 is 2.28 bits per heavy atom. The number of halogens is 1. The van der Waals surface area contributed by atoms with Crippen molar-refractivity contribution in [1.82, 2.24) is 14.7 Å². The van der Waals surface area contributed by atoms with Crippen molar-refractivity contribution in [3.05, 3.63) is 38.8 Å². The molecule has 3 atom stereocenters. The quantitative estimate of drug-likeness (QED) is 0.740. The topological polar surface area (TPSA) is 90.5 Å². The highest BCUT2D eigenvalue weighted by Gasteiger charge is 2.46. The zero-order chi connectivity index (χ0) is 20.8. The van der Waals surface area contributed by atoms with E-state index in [-0.39, 0.29) is 17.4 Å². The van der Waals surface area contributed by atoms with Gasteiger partial charge in [-0.3, -0.25) is 9.58 Å². The predicted molar refractivity (Wildman–Crippen MR) is 115 cm³/mol. The van der Waals surface area contributed by atoms with E-state index >= 15 is 0 Å². The summed E-state index contributed by atoms with van der Waals surface area (Å²) in [6.45, 7) is 4.82. The smallest absolute Gasteiger partial charge is 0.149 e. The normalized spacial score (nSPS) is 28.0. The maximum atomic E-state index is 11.4. The molecule has 2 aromatic rings. The fourth-order valence-electron chi connectivity index (χ4n) is 4.34. The molecule has 4 heterocycles. The lowest BCUT2D eigenvalue weighted by atomic mass is 9.81. The number of thiophene rings is 1. The van der Waals surface area contributed by atoms with Crippen molar-refractivity contribution in [1.29, 1.82) is 0 Å². The highest BCUT2D eigenvalue weighted by Crippen LogP contribution is 2.49. The van der Waals surface area contributed by atoms with E-state index in [2.05, 4.69) is 16.9 Å². The van der Waals surface area contributed by atoms with E-state index < -0.39 is 9.84 Å². The molecular formula is C19H27ClN4O3S2. The first-order chi connectivity index (χ1) is 13.7. The number of aromatic nitrogens is 2. The fourth-order valence-corrected chi connectivity index (χ4v) is 6.35. The minimum Gasteiger partial charge on any atom is -0.367 e. The van der Waals surface area contributed by atoms with Gasteiger partial charge in [-0.1, -0.05) is 11.6 Å². The van der Waals surface area contributed by atoms with E-state index in [1.165, 1.54) is 11.1 Å². The van der Waals surface area contributed by atoms with Crippen molar-refractivity contribution in [2.75, 3.05) is 25.2 Å². The summed E-state index contributed by atoms with van der Waals surface area (Å²) in [7, 11) is -2.99. The van der Waals surface area contributed by atoms with Gasteiger partial charge >= 0.3 is 0 Å². The molecule has 10 heteroatoms. The van der Waals surface area contributed by atoms with Crippen LogP contribution >= 0.6 is 22.9 Å². The lowest BCUT2D eigenvalue weighted by Gasteiger charge is -2.47. The molecule has 1 saturated heterocycles. The van der Waals surface area contributed by atoms with E-state index in [0.29, 0.717) is 19.2 Å². The Kier molecular flexibility index (Phi) is 5.82. The second-order valence-corrected chi connectivity index (χ2v) is 12.2. The highest BCUT2D eigenvalue weighted by molar-refractivity contribution is 7.90. The molecule has 2 N–H and O–H groups in total. The zero-order valence-electron chi connectivity index (χ0n) is 16.7. The fraction of sp³-hybridized carbons (Fsp3) is 0.632. The molecule has 2 aliphatic heterocycles. The largest absolute Gasteiger partial charge is 0.367 e. The standard InChI is InChI=1S/C19H27ClN4O3S2/c1-13-8-19(18-15(7-17(20)28-18)16(21)12-27-19)3-4-23(13)10-14-9-22-24(11-14)5-6-29(2,25)26/h7,9,11,13,16H,3-6,8,10,12,21H2,1-2H3. The zero-order valence-corrected chi connectivity index (χ0v) is 19.1. The summed E-state index contributed by atoms with van der Waals surface area (Å²) in [5.74, 6) is 0.0991. The SMILES string of the molecule is CC1CC2(CCN1Cc1cnn(CCS(C)(=O)=O)c1)OCC(N)c1cc(Cl)sc12. The van der Waals surface area contributed by atoms with Crippen molar-refractivity contribution < 1.29 is 13.2 Å². The van der Waals surface area contributed by atoms with Gasteiger partial charge in [-0.25, -0.2) is 8.42 Å². The molecule has 29 heavy (non-hydrogen) atoms. The van der Waals surface area contributed by atoms with E-state index in [4.69, 9.17) is 22.1 Å². The van der Waals surface area contributed by atoms with Crippen LogP contribution in [0.3, 0.4) is 0 Å². The molecule has 0 saturated carbocycles. The van der Waals surface area contributed by atoms with Gasteiger partial charge in [-0.05, 0) is 31.4 Å². The minimum absolute atomic E-state index is 0.0991. The number of likely N-dealkylation sites (tertiary alicyclic amines) is 1. The average molecular weight is 459 g/mol. The third-order valence-electron chi connectivity index (χ3n) is 5.90. The molecule has 3 unspecified atom stereocenters. The Bertz CT molecular complexity index is 989. The van der Waals surface area contributed by atoms with Crippen LogP contribution in [-0.2, 0) is 33.3 Å². The first-order valence-electron chi connectivity index (χ1n) is 9.77. The van der Waals surface area contributed by atoms with Crippen molar-refractivity contribution in [3.8, 4) is 0 Å². The molecule has 0 aromatic carbocycles. The molecule has 7 nitrogen and oxygen atoms in total. The van der Waals surface area contributed by atoms with Crippen LogP contribution in [0.4, 0.5) is 0 Å². The third kappa shape index (κ3) is 4.55. The number of piperidine rings is 1. The molecule has 0 aliphatic carbocycles. The second kappa shape index (κ2) is 7.94. The van der Waals surface area contributed by atoms with Crippen LogP contribution in [0.15, 0.2) is 18.5 Å². The Morgan fingerprint density at radius 1 is 1.48 bits per heavy atom. The van der Waals surface area contributed by atoms with Gasteiger partial charge in [0.1, 0.15) is 15.4 Å². The summed E-state index contributed by atoms with van der Waals surface area (Å²) in [6.07, 6.45) is 6.80. The summed E-state index contributed by atoms with van der Waals surface area (Å²) >= 11 is 7.89. The van der Waals surface area contributed by atoms with Gasteiger partial charge < -0.3 is 10.5 Å². The summed E-state index contributed by atoms with van der Waals surface area (Å²) < 4.78 is 31.5. The van der Waals surface area contributed by atoms with Crippen molar-refractivity contribution in [2.24, 2.45) is 5.73 Å². The molecule has 0 amide bonds. The molecule has 2 aliphatic rings. The molecule has 0 bridgehead atoms. The maximum Gasteiger partial charge on any atom is 0.149 e. The second-order valence-electron chi connectivity index (χ2n) is 8.26. The summed E-state index contributed by atoms with van der Waals surface area (Å²) in [6, 6.07) is 2.22. The van der Waals surface area contributed by atoms with Crippen LogP contribution < -0.4 is 5.73 Å². The number of rotatable bonds is 5. The van der Waals surface area contributed by atoms with Gasteiger partial charge in [0.15, 0.2) is 0 Å². The number of nitrogens with zero attached hydrogens (tertiary/aromatic N) is 3. The number of nitrogens with two attached hydrogens (primary N) is 1. The van der Waals surface area contributed by atoms with Crippen molar-refractivity contribution in [2.45, 2.75) is 50.5 Å². The Balaban J connectivity index is 1.43. The Hall–Kier alpha value is -0.970. The van der Waals surface area contributed by atoms with Gasteiger partial charge in [0.25, 0.3) is 0 Å². The van der Waals surface area contributed by atoms with Crippen LogP contribution in [0.1, 0.15) is 41.8 Å². The number of sulfone groups is 1. The first-order valence-corrected chi connectivity index (χ1v) is 13.0. The van der Waals surface area contributed by atoms with E-state index in [0.717, 1.165) is 41.4 Å². The number of fused-ring (bicyclic) bond motifs is 2. The molecule has 1 fully saturated rings. The lowest BCUT2D eigenvalue weighted by molar-refractivity contribution is -0.116. The van der Waals surface area contributed by atoms with E-state index in [1.54, 1.807) is 16.0 Å². The molecular weight excluding hydrogens is 432 g/mol. The predicted octanol–water partition coefficient (Wildman–Crippen LogP) is 2.55. The maximum absolute atomic E-state index is 11.4. The summed E-state index contributed by atoms with van der Waals surface area (Å²) in [4.78, 5) is 3.62. The summed E-state index contributed by atoms with van der Waals surface area (Å²) in [5, 5.41) is 4.31. The average Bonchev–Trinajstić information content (AvgIpc) is 3.26. The minimum atomic E-state index is -2.99. The first kappa shape index (κ1) is 21.3. The Morgan fingerprint density at radius 3 is 3.00 bits per heavy atom. The van der Waals surface area contributed by atoms with E-state index in [9.17, 15) is 8.42 Å². The van der Waals surface area contributed by atoms with Crippen LogP contribution in [-0.4, -0.2) is 54.3 Å². The number of ether oxygens (including phenoxy) is 1. The van der Waals surface area contributed by atoms with Crippen LogP contribution in [0.25, 0.3) is 0 Å².